The topological polar surface area (TPSA) is 206 Å². The van der Waals surface area contributed by atoms with E-state index in [9.17, 15) is 33.9 Å². The van der Waals surface area contributed by atoms with Crippen molar-refractivity contribution in [3.8, 4) is 0 Å². The molecular weight excluding hydrogens is 694 g/mol. The van der Waals surface area contributed by atoms with Gasteiger partial charge >= 0.3 is 0 Å². The second-order valence-electron chi connectivity index (χ2n) is 14.1. The zero-order valence-electron chi connectivity index (χ0n) is 29.8. The molecule has 4 aliphatic heterocycles. The lowest BCUT2D eigenvalue weighted by Gasteiger charge is -2.40. The maximum Gasteiger partial charge on any atom is 0.270 e. The van der Waals surface area contributed by atoms with Gasteiger partial charge in [0.25, 0.3) is 17.7 Å². The van der Waals surface area contributed by atoms with E-state index in [0.29, 0.717) is 56.9 Å². The van der Waals surface area contributed by atoms with Crippen LogP contribution in [0, 0.1) is 0 Å². The third-order valence-corrected chi connectivity index (χ3v) is 10.3. The number of piperidine rings is 1. The molecule has 2 fully saturated rings. The first kappa shape index (κ1) is 36.6. The fourth-order valence-electron chi connectivity index (χ4n) is 7.36. The average Bonchev–Trinajstić information content (AvgIpc) is 3.40. The van der Waals surface area contributed by atoms with Gasteiger partial charge in [0.1, 0.15) is 23.9 Å². The van der Waals surface area contributed by atoms with Crippen molar-refractivity contribution >= 4 is 46.9 Å². The number of benzene rings is 2. The molecule has 4 aliphatic rings. The number of hydrogen-bond acceptors (Lipinski definition) is 12. The summed E-state index contributed by atoms with van der Waals surface area (Å²) < 4.78 is 0. The van der Waals surface area contributed by atoms with E-state index in [1.54, 1.807) is 29.2 Å². The number of unbranched alkanes of at least 4 members (excludes halogenated alkanes) is 1. The normalized spacial score (nSPS) is 19.1. The van der Waals surface area contributed by atoms with E-state index >= 15 is 0 Å². The first-order valence-electron chi connectivity index (χ1n) is 18.3. The average molecular weight is 738 g/mol. The minimum absolute atomic E-state index is 0.0179. The molecule has 16 nitrogen and oxygen atoms in total. The largest absolute Gasteiger partial charge is 0.390 e. The van der Waals surface area contributed by atoms with Crippen molar-refractivity contribution in [3.05, 3.63) is 82.8 Å². The van der Waals surface area contributed by atoms with Crippen molar-refractivity contribution in [1.82, 2.24) is 35.3 Å². The van der Waals surface area contributed by atoms with Crippen LogP contribution >= 0.6 is 0 Å². The van der Waals surface area contributed by atoms with Crippen molar-refractivity contribution in [1.29, 1.82) is 0 Å². The summed E-state index contributed by atoms with van der Waals surface area (Å²) in [6, 6.07) is 13.7. The number of rotatable bonds is 14. The minimum atomic E-state index is -1.03. The number of likely N-dealkylation sites (tertiary alicyclic amines) is 1. The maximum atomic E-state index is 13.3. The summed E-state index contributed by atoms with van der Waals surface area (Å²) in [5.41, 5.74) is 3.67. The van der Waals surface area contributed by atoms with Gasteiger partial charge in [0, 0.05) is 70.4 Å². The van der Waals surface area contributed by atoms with Crippen LogP contribution in [-0.2, 0) is 27.3 Å². The third-order valence-electron chi connectivity index (χ3n) is 10.3. The third kappa shape index (κ3) is 8.09. The van der Waals surface area contributed by atoms with E-state index in [-0.39, 0.29) is 48.2 Å². The Balaban J connectivity index is 0.796. The number of aliphatic hydroxyl groups excluding tert-OH is 1. The predicted octanol–water partition coefficient (Wildman–Crippen LogP) is 0.932. The zero-order chi connectivity index (χ0) is 37.8. The minimum Gasteiger partial charge on any atom is -0.390 e. The second kappa shape index (κ2) is 16.1. The molecule has 0 radical (unpaired) electrons. The van der Waals surface area contributed by atoms with Crippen LogP contribution < -0.4 is 21.3 Å². The van der Waals surface area contributed by atoms with Crippen LogP contribution in [0.4, 0.5) is 11.5 Å². The molecule has 16 heteroatoms. The molecule has 2 aromatic carbocycles. The first-order valence-corrected chi connectivity index (χ1v) is 18.3. The molecule has 0 spiro atoms. The second-order valence-corrected chi connectivity index (χ2v) is 14.1. The van der Waals surface area contributed by atoms with Gasteiger partial charge < -0.3 is 26.0 Å². The standard InChI is InChI=1S/C38H43N9O7/c48-26(21-45-15-13-23-6-1-2-7-24(23)18-45)17-40-35(51)29-16-31(42-22-41-29)43-25-19-46(20-25)33(50)10-3-4-14-39-28-9-5-8-27-34(28)38(54)47(37(27)53)30-11-12-32(49)44-36(30)52/h1-2,5-9,16,22,25-26,30,39,48H,3-4,10-15,17-21H2,(H,40,51)(H,41,42,43)(H,44,49,52)/t26-,30?/m0/s1. The molecule has 3 aromatic rings. The number of hydrogen-bond donors (Lipinski definition) is 5. The monoisotopic (exact) mass is 737 g/mol. The van der Waals surface area contributed by atoms with Gasteiger partial charge in [-0.3, -0.25) is 43.9 Å². The van der Waals surface area contributed by atoms with Crippen molar-refractivity contribution in [3.63, 3.8) is 0 Å². The summed E-state index contributed by atoms with van der Waals surface area (Å²) in [5.74, 6) is -2.14. The lowest BCUT2D eigenvalue weighted by molar-refractivity contribution is -0.136. The fourth-order valence-corrected chi connectivity index (χ4v) is 7.36. The van der Waals surface area contributed by atoms with Gasteiger partial charge in [-0.15, -0.1) is 0 Å². The van der Waals surface area contributed by atoms with E-state index in [0.717, 1.165) is 24.4 Å². The summed E-state index contributed by atoms with van der Waals surface area (Å²) in [6.45, 7) is 3.62. The molecule has 2 saturated heterocycles. The molecule has 0 bridgehead atoms. The van der Waals surface area contributed by atoms with Crippen LogP contribution in [0.15, 0.2) is 54.9 Å². The summed E-state index contributed by atoms with van der Waals surface area (Å²) in [7, 11) is 0. The molecule has 5 heterocycles. The number of imide groups is 2. The highest BCUT2D eigenvalue weighted by Gasteiger charge is 2.45. The van der Waals surface area contributed by atoms with Gasteiger partial charge in [-0.2, -0.15) is 0 Å². The SMILES string of the molecule is O=C1CCC(N2C(=O)c3cccc(NCCCCC(=O)N4CC(Nc5cc(C(=O)NC[C@H](O)CN6CCc7ccccc7C6)ncn5)C4)c3C2=O)C(=O)N1. The molecule has 1 unspecified atom stereocenters. The van der Waals surface area contributed by atoms with Gasteiger partial charge in [0.05, 0.1) is 23.3 Å². The Morgan fingerprint density at radius 3 is 2.59 bits per heavy atom. The molecule has 0 saturated carbocycles. The Hall–Kier alpha value is -5.74. The van der Waals surface area contributed by atoms with Gasteiger partial charge in [-0.05, 0) is 48.9 Å². The van der Waals surface area contributed by atoms with Crippen molar-refractivity contribution < 1.29 is 33.9 Å². The van der Waals surface area contributed by atoms with Crippen LogP contribution in [0.3, 0.4) is 0 Å². The molecule has 7 rings (SSSR count). The van der Waals surface area contributed by atoms with E-state index in [4.69, 9.17) is 0 Å². The number of aromatic nitrogens is 2. The Morgan fingerprint density at radius 1 is 0.963 bits per heavy atom. The number of fused-ring (bicyclic) bond motifs is 2. The Kier molecular flexibility index (Phi) is 10.9. The fraction of sp³-hybridized carbons (Fsp3) is 0.421. The van der Waals surface area contributed by atoms with Crippen LogP contribution in [0.1, 0.15) is 74.4 Å². The smallest absolute Gasteiger partial charge is 0.270 e. The van der Waals surface area contributed by atoms with Crippen LogP contribution in [0.2, 0.25) is 0 Å². The maximum absolute atomic E-state index is 13.3. The van der Waals surface area contributed by atoms with Crippen LogP contribution in [-0.4, -0.2) is 123 Å². The van der Waals surface area contributed by atoms with E-state index in [1.807, 2.05) is 12.1 Å². The molecule has 54 heavy (non-hydrogen) atoms. The number of carbonyl (C=O) groups is 6. The summed E-state index contributed by atoms with van der Waals surface area (Å²) in [6.07, 6.45) is 3.24. The molecule has 282 valence electrons. The van der Waals surface area contributed by atoms with E-state index in [2.05, 4.69) is 48.3 Å². The molecule has 1 aromatic heterocycles. The number of nitrogens with one attached hydrogen (secondary N) is 4. The van der Waals surface area contributed by atoms with Crippen LogP contribution in [0.25, 0.3) is 0 Å². The lowest BCUT2D eigenvalue weighted by Crippen LogP contribution is -2.57. The zero-order valence-corrected chi connectivity index (χ0v) is 29.8. The van der Waals surface area contributed by atoms with Crippen molar-refractivity contribution in [2.75, 3.05) is 49.9 Å². The van der Waals surface area contributed by atoms with Gasteiger partial charge in [-0.25, -0.2) is 9.97 Å². The lowest BCUT2D eigenvalue weighted by atomic mass is 10.00. The Morgan fingerprint density at radius 2 is 1.78 bits per heavy atom. The highest BCUT2D eigenvalue weighted by atomic mass is 16.3. The van der Waals surface area contributed by atoms with E-state index < -0.39 is 41.7 Å². The highest BCUT2D eigenvalue weighted by Crippen LogP contribution is 2.32. The number of nitrogens with zero attached hydrogens (tertiary/aromatic N) is 5. The van der Waals surface area contributed by atoms with Crippen molar-refractivity contribution in [2.45, 2.75) is 63.3 Å². The van der Waals surface area contributed by atoms with Crippen molar-refractivity contribution in [2.24, 2.45) is 0 Å². The summed E-state index contributed by atoms with van der Waals surface area (Å²) in [4.78, 5) is 89.1. The number of β-amino-alcohol motifs (C(OH)–C–C–N with tert-alkyl or cyclic N) is 1. The number of amides is 6. The number of aliphatic hydroxyl groups is 1. The quantitative estimate of drug-likeness (QED) is 0.116. The number of anilines is 2. The van der Waals surface area contributed by atoms with Gasteiger partial charge in [0.15, 0.2) is 0 Å². The van der Waals surface area contributed by atoms with E-state index in [1.165, 1.54) is 17.5 Å². The Labute approximate surface area is 311 Å². The summed E-state index contributed by atoms with van der Waals surface area (Å²) >= 11 is 0. The molecule has 0 aliphatic carbocycles. The van der Waals surface area contributed by atoms with Gasteiger partial charge in [0.2, 0.25) is 17.7 Å². The highest BCUT2D eigenvalue weighted by molar-refractivity contribution is 6.25. The number of carbonyl (C=O) groups excluding carboxylic acids is 6. The van der Waals surface area contributed by atoms with Gasteiger partial charge in [-0.1, -0.05) is 30.3 Å². The molecule has 5 N–H and O–H groups in total. The first-order chi connectivity index (χ1) is 26.1. The Bertz CT molecular complexity index is 1970. The summed E-state index contributed by atoms with van der Waals surface area (Å²) in [5, 5.41) is 22.0. The predicted molar refractivity (Wildman–Crippen MR) is 195 cm³/mol. The molecule has 6 amide bonds. The molecular formula is C38H43N9O7. The van der Waals surface area contributed by atoms with Crippen LogP contribution in [0.5, 0.6) is 0 Å². The molecule has 2 atom stereocenters.